The number of hydrogen-bond donors (Lipinski definition) is 2. The number of para-hydroxylation sites is 1. The Bertz CT molecular complexity index is 398. The van der Waals surface area contributed by atoms with Crippen molar-refractivity contribution in [3.8, 4) is 0 Å². The molecule has 0 saturated heterocycles. The first-order valence-electron chi connectivity index (χ1n) is 5.57. The van der Waals surface area contributed by atoms with Crippen LogP contribution in [-0.2, 0) is 0 Å². The van der Waals surface area contributed by atoms with E-state index in [4.69, 9.17) is 0 Å². The fourth-order valence-corrected chi connectivity index (χ4v) is 2.04. The van der Waals surface area contributed by atoms with E-state index < -0.39 is 0 Å². The minimum Gasteiger partial charge on any atom is -0.358 e. The Hall–Kier alpha value is -1.28. The molecule has 0 fully saturated rings. The number of likely N-dealkylation sites (N-methyl/N-ethyl adjacent to an activating group) is 1. The third-order valence-corrected chi connectivity index (χ3v) is 2.93. The van der Waals surface area contributed by atoms with Crippen LogP contribution in [0.5, 0.6) is 0 Å². The van der Waals surface area contributed by atoms with Gasteiger partial charge in [-0.25, -0.2) is 0 Å². The lowest BCUT2D eigenvalue weighted by atomic mass is 10.0. The number of hydrogen-bond acceptors (Lipinski definition) is 1. The first kappa shape index (κ1) is 10.2. The summed E-state index contributed by atoms with van der Waals surface area (Å²) in [7, 11) is 2.01. The van der Waals surface area contributed by atoms with Crippen LogP contribution in [0.3, 0.4) is 0 Å². The molecule has 2 N–H and O–H groups in total. The molecule has 0 spiro atoms. The van der Waals surface area contributed by atoms with Crippen LogP contribution in [0.25, 0.3) is 10.9 Å². The molecule has 1 aromatic carbocycles. The predicted octanol–water partition coefficient (Wildman–Crippen LogP) is 2.88. The molecule has 0 saturated carbocycles. The number of H-pyrrole nitrogens is 1. The summed E-state index contributed by atoms with van der Waals surface area (Å²) >= 11 is 0. The van der Waals surface area contributed by atoms with Gasteiger partial charge >= 0.3 is 0 Å². The summed E-state index contributed by atoms with van der Waals surface area (Å²) in [6, 6.07) is 10.7. The molecule has 1 aromatic heterocycles. The van der Waals surface area contributed by atoms with Gasteiger partial charge < -0.3 is 10.3 Å². The summed E-state index contributed by atoms with van der Waals surface area (Å²) in [5.74, 6) is 0.586. The highest BCUT2D eigenvalue weighted by Gasteiger charge is 2.10. The molecule has 0 bridgehead atoms. The topological polar surface area (TPSA) is 27.8 Å². The van der Waals surface area contributed by atoms with E-state index in [0.29, 0.717) is 5.92 Å². The lowest BCUT2D eigenvalue weighted by Crippen LogP contribution is -2.16. The number of aromatic nitrogens is 1. The van der Waals surface area contributed by atoms with Gasteiger partial charge in [-0.15, -0.1) is 0 Å². The molecule has 2 aromatic rings. The van der Waals surface area contributed by atoms with Crippen LogP contribution in [0.2, 0.25) is 0 Å². The van der Waals surface area contributed by atoms with E-state index in [1.54, 1.807) is 0 Å². The highest BCUT2D eigenvalue weighted by Crippen LogP contribution is 2.22. The van der Waals surface area contributed by atoms with E-state index in [0.717, 1.165) is 13.0 Å². The van der Waals surface area contributed by atoms with E-state index in [-0.39, 0.29) is 0 Å². The first-order chi connectivity index (χ1) is 7.35. The number of rotatable bonds is 4. The lowest BCUT2D eigenvalue weighted by molar-refractivity contribution is 0.601. The predicted molar refractivity (Wildman–Crippen MR) is 65.3 cm³/mol. The average Bonchev–Trinajstić information content (AvgIpc) is 2.69. The van der Waals surface area contributed by atoms with Crippen molar-refractivity contribution >= 4 is 10.9 Å². The normalized spacial score (nSPS) is 13.2. The second-order valence-electron chi connectivity index (χ2n) is 3.97. The highest BCUT2D eigenvalue weighted by atomic mass is 14.8. The zero-order chi connectivity index (χ0) is 10.7. The van der Waals surface area contributed by atoms with Crippen molar-refractivity contribution in [1.29, 1.82) is 0 Å². The molecule has 0 aliphatic carbocycles. The molecule has 2 nitrogen and oxygen atoms in total. The van der Waals surface area contributed by atoms with Gasteiger partial charge in [0.05, 0.1) is 0 Å². The van der Waals surface area contributed by atoms with Gasteiger partial charge in [0.15, 0.2) is 0 Å². The fourth-order valence-electron chi connectivity index (χ4n) is 2.04. The molecule has 0 amide bonds. The summed E-state index contributed by atoms with van der Waals surface area (Å²) in [5.41, 5.74) is 2.58. The van der Waals surface area contributed by atoms with Crippen molar-refractivity contribution in [2.75, 3.05) is 13.6 Å². The summed E-state index contributed by atoms with van der Waals surface area (Å²) in [4.78, 5) is 3.49. The third-order valence-electron chi connectivity index (χ3n) is 2.93. The fraction of sp³-hybridized carbons (Fsp3) is 0.385. The van der Waals surface area contributed by atoms with Gasteiger partial charge in [-0.1, -0.05) is 25.1 Å². The van der Waals surface area contributed by atoms with Gasteiger partial charge in [-0.2, -0.15) is 0 Å². The Balaban J connectivity index is 2.34. The number of nitrogens with one attached hydrogen (secondary N) is 2. The molecule has 1 atom stereocenters. The summed E-state index contributed by atoms with van der Waals surface area (Å²) in [5, 5.41) is 4.55. The number of fused-ring (bicyclic) bond motifs is 1. The second kappa shape index (κ2) is 4.49. The largest absolute Gasteiger partial charge is 0.358 e. The Kier molecular flexibility index (Phi) is 3.07. The molecular formula is C13H18N2. The maximum Gasteiger partial charge on any atom is 0.0456 e. The van der Waals surface area contributed by atoms with Crippen molar-refractivity contribution in [3.63, 3.8) is 0 Å². The maximum absolute atomic E-state index is 3.49. The van der Waals surface area contributed by atoms with E-state index in [9.17, 15) is 0 Å². The van der Waals surface area contributed by atoms with Gasteiger partial charge in [0.2, 0.25) is 0 Å². The van der Waals surface area contributed by atoms with Gasteiger partial charge in [-0.3, -0.25) is 0 Å². The van der Waals surface area contributed by atoms with E-state index in [1.165, 1.54) is 16.6 Å². The molecule has 1 unspecified atom stereocenters. The first-order valence-corrected chi connectivity index (χ1v) is 5.57. The molecule has 0 aliphatic rings. The van der Waals surface area contributed by atoms with Gasteiger partial charge in [-0.05, 0) is 31.0 Å². The van der Waals surface area contributed by atoms with Gasteiger partial charge in [0.1, 0.15) is 0 Å². The van der Waals surface area contributed by atoms with Crippen molar-refractivity contribution < 1.29 is 0 Å². The molecule has 80 valence electrons. The lowest BCUT2D eigenvalue weighted by Gasteiger charge is -2.11. The van der Waals surface area contributed by atoms with Crippen molar-refractivity contribution in [2.24, 2.45) is 0 Å². The van der Waals surface area contributed by atoms with Crippen LogP contribution in [0, 0.1) is 0 Å². The van der Waals surface area contributed by atoms with Crippen LogP contribution in [-0.4, -0.2) is 18.6 Å². The third kappa shape index (κ3) is 2.05. The van der Waals surface area contributed by atoms with Crippen LogP contribution in [0.4, 0.5) is 0 Å². The summed E-state index contributed by atoms with van der Waals surface area (Å²) in [6.07, 6.45) is 1.16. The average molecular weight is 202 g/mol. The quantitative estimate of drug-likeness (QED) is 0.784. The zero-order valence-electron chi connectivity index (χ0n) is 9.38. The van der Waals surface area contributed by atoms with E-state index in [2.05, 4.69) is 47.6 Å². The Labute approximate surface area is 90.7 Å². The Morgan fingerprint density at radius 2 is 2.13 bits per heavy atom. The van der Waals surface area contributed by atoms with Crippen LogP contribution in [0.1, 0.15) is 25.0 Å². The van der Waals surface area contributed by atoms with Crippen molar-refractivity contribution in [1.82, 2.24) is 10.3 Å². The van der Waals surface area contributed by atoms with Crippen molar-refractivity contribution in [2.45, 2.75) is 19.3 Å². The number of benzene rings is 1. The molecule has 1 heterocycles. The van der Waals surface area contributed by atoms with E-state index in [1.807, 2.05) is 7.05 Å². The summed E-state index contributed by atoms with van der Waals surface area (Å²) < 4.78 is 0. The summed E-state index contributed by atoms with van der Waals surface area (Å²) in [6.45, 7) is 3.26. The zero-order valence-corrected chi connectivity index (χ0v) is 9.38. The molecule has 2 heteroatoms. The second-order valence-corrected chi connectivity index (χ2v) is 3.97. The maximum atomic E-state index is 3.49. The number of aromatic amines is 1. The monoisotopic (exact) mass is 202 g/mol. The standard InChI is InChI=1S/C13H18N2/c1-3-10(9-14-2)13-8-11-6-4-5-7-12(11)15-13/h4-8,10,14-15H,3,9H2,1-2H3. The molecule has 0 aliphatic heterocycles. The van der Waals surface area contributed by atoms with Crippen molar-refractivity contribution in [3.05, 3.63) is 36.0 Å². The smallest absolute Gasteiger partial charge is 0.0456 e. The van der Waals surface area contributed by atoms with Crippen LogP contribution >= 0.6 is 0 Å². The minimum absolute atomic E-state index is 0.586. The molecule has 0 radical (unpaired) electrons. The Morgan fingerprint density at radius 3 is 2.80 bits per heavy atom. The highest BCUT2D eigenvalue weighted by molar-refractivity contribution is 5.80. The SMILES string of the molecule is CCC(CNC)c1cc2ccccc2[nH]1. The van der Waals surface area contributed by atoms with Gasteiger partial charge in [0.25, 0.3) is 0 Å². The molecule has 2 rings (SSSR count). The Morgan fingerprint density at radius 1 is 1.33 bits per heavy atom. The minimum atomic E-state index is 0.586. The van der Waals surface area contributed by atoms with Gasteiger partial charge in [0, 0.05) is 23.7 Å². The van der Waals surface area contributed by atoms with E-state index >= 15 is 0 Å². The van der Waals surface area contributed by atoms with Crippen LogP contribution in [0.15, 0.2) is 30.3 Å². The molecule has 15 heavy (non-hydrogen) atoms. The van der Waals surface area contributed by atoms with Crippen LogP contribution < -0.4 is 5.32 Å². The molecular weight excluding hydrogens is 184 g/mol.